The predicted molar refractivity (Wildman–Crippen MR) is 76.1 cm³/mol. The molecular formula is C16H13NO3. The number of aromatic nitrogens is 1. The van der Waals surface area contributed by atoms with Crippen molar-refractivity contribution in [3.05, 3.63) is 70.4 Å². The van der Waals surface area contributed by atoms with Crippen LogP contribution < -0.4 is 10.4 Å². The zero-order valence-electron chi connectivity index (χ0n) is 11.0. The molecule has 4 nitrogen and oxygen atoms in total. The zero-order valence-corrected chi connectivity index (χ0v) is 11.0. The van der Waals surface area contributed by atoms with Gasteiger partial charge in [0.15, 0.2) is 0 Å². The molecular weight excluding hydrogens is 254 g/mol. The Morgan fingerprint density at radius 3 is 2.70 bits per heavy atom. The molecule has 0 aliphatic carbocycles. The van der Waals surface area contributed by atoms with Crippen LogP contribution in [-0.2, 0) is 6.42 Å². The number of hydrogen-bond donors (Lipinski definition) is 0. The van der Waals surface area contributed by atoms with E-state index in [2.05, 4.69) is 4.98 Å². The summed E-state index contributed by atoms with van der Waals surface area (Å²) in [7, 11) is 1.56. The third-order valence-corrected chi connectivity index (χ3v) is 3.08. The van der Waals surface area contributed by atoms with E-state index in [4.69, 9.17) is 9.15 Å². The maximum absolute atomic E-state index is 12.0. The molecule has 1 aromatic heterocycles. The summed E-state index contributed by atoms with van der Waals surface area (Å²) in [4.78, 5) is 16.4. The lowest BCUT2D eigenvalue weighted by Crippen LogP contribution is -2.06. The normalized spacial score (nSPS) is 10.7. The van der Waals surface area contributed by atoms with Gasteiger partial charge in [-0.3, -0.25) is 0 Å². The van der Waals surface area contributed by atoms with E-state index in [1.165, 1.54) is 0 Å². The van der Waals surface area contributed by atoms with Crippen molar-refractivity contribution in [2.45, 2.75) is 6.42 Å². The first kappa shape index (κ1) is 12.4. The zero-order chi connectivity index (χ0) is 13.9. The molecule has 4 heteroatoms. The van der Waals surface area contributed by atoms with E-state index < -0.39 is 0 Å². The van der Waals surface area contributed by atoms with Crippen molar-refractivity contribution < 1.29 is 9.15 Å². The van der Waals surface area contributed by atoms with Crippen molar-refractivity contribution in [2.75, 3.05) is 7.11 Å². The molecule has 1 heterocycles. The predicted octanol–water partition coefficient (Wildman–Crippen LogP) is 2.79. The average molecular weight is 267 g/mol. The van der Waals surface area contributed by atoms with Crippen molar-refractivity contribution in [1.29, 1.82) is 0 Å². The topological polar surface area (TPSA) is 52.3 Å². The fraction of sp³-hybridized carbons (Fsp3) is 0.125. The molecule has 2 aromatic carbocycles. The van der Waals surface area contributed by atoms with E-state index in [1.54, 1.807) is 25.3 Å². The molecule has 0 radical (unpaired) electrons. The molecule has 100 valence electrons. The minimum Gasteiger partial charge on any atom is -0.497 e. The fourth-order valence-electron chi connectivity index (χ4n) is 2.07. The molecule has 0 spiro atoms. The van der Waals surface area contributed by atoms with Crippen LogP contribution in [0, 0.1) is 0 Å². The highest BCUT2D eigenvalue weighted by molar-refractivity contribution is 5.78. The van der Waals surface area contributed by atoms with Crippen molar-refractivity contribution in [3.63, 3.8) is 0 Å². The largest absolute Gasteiger partial charge is 0.497 e. The molecule has 0 unspecified atom stereocenters. The summed E-state index contributed by atoms with van der Waals surface area (Å²) in [6.45, 7) is 0. The summed E-state index contributed by atoms with van der Waals surface area (Å²) in [6, 6.07) is 15.0. The highest BCUT2D eigenvalue weighted by Crippen LogP contribution is 2.17. The van der Waals surface area contributed by atoms with E-state index in [0.29, 0.717) is 29.0 Å². The van der Waals surface area contributed by atoms with Crippen LogP contribution in [-0.4, -0.2) is 12.1 Å². The van der Waals surface area contributed by atoms with E-state index in [1.807, 2.05) is 30.3 Å². The number of fused-ring (bicyclic) bond motifs is 1. The minimum absolute atomic E-state index is 0.389. The minimum atomic E-state index is -0.389. The monoisotopic (exact) mass is 267 g/mol. The Kier molecular flexibility index (Phi) is 3.21. The SMILES string of the molecule is COc1ccc2nc(Cc3ccccc3)oc(=O)c2c1. The van der Waals surface area contributed by atoms with Crippen LogP contribution in [0.3, 0.4) is 0 Å². The number of rotatable bonds is 3. The Bertz CT molecular complexity index is 794. The van der Waals surface area contributed by atoms with Gasteiger partial charge in [0.05, 0.1) is 18.0 Å². The molecule has 0 saturated heterocycles. The van der Waals surface area contributed by atoms with Crippen molar-refractivity contribution in [1.82, 2.24) is 4.98 Å². The fourth-order valence-corrected chi connectivity index (χ4v) is 2.07. The van der Waals surface area contributed by atoms with Gasteiger partial charge < -0.3 is 9.15 Å². The number of ether oxygens (including phenoxy) is 1. The van der Waals surface area contributed by atoms with Crippen LogP contribution in [0.5, 0.6) is 5.75 Å². The van der Waals surface area contributed by atoms with Crippen LogP contribution >= 0.6 is 0 Å². The lowest BCUT2D eigenvalue weighted by Gasteiger charge is -2.03. The van der Waals surface area contributed by atoms with Gasteiger partial charge >= 0.3 is 5.63 Å². The molecule has 0 aliphatic heterocycles. The average Bonchev–Trinajstić information content (AvgIpc) is 2.48. The van der Waals surface area contributed by atoms with Gasteiger partial charge in [-0.25, -0.2) is 9.78 Å². The molecule has 0 fully saturated rings. The van der Waals surface area contributed by atoms with Gasteiger partial charge in [0.25, 0.3) is 0 Å². The summed E-state index contributed by atoms with van der Waals surface area (Å²) in [5.41, 5.74) is 1.28. The summed E-state index contributed by atoms with van der Waals surface area (Å²) < 4.78 is 10.4. The van der Waals surface area contributed by atoms with Gasteiger partial charge in [-0.15, -0.1) is 0 Å². The third kappa shape index (κ3) is 2.40. The summed E-state index contributed by atoms with van der Waals surface area (Å²) in [6.07, 6.45) is 0.498. The first-order chi connectivity index (χ1) is 9.76. The number of hydrogen-bond acceptors (Lipinski definition) is 4. The van der Waals surface area contributed by atoms with E-state index in [0.717, 1.165) is 5.56 Å². The lowest BCUT2D eigenvalue weighted by atomic mass is 10.1. The maximum atomic E-state index is 12.0. The maximum Gasteiger partial charge on any atom is 0.346 e. The number of nitrogens with zero attached hydrogens (tertiary/aromatic N) is 1. The van der Waals surface area contributed by atoms with Gasteiger partial charge in [0.1, 0.15) is 5.75 Å². The van der Waals surface area contributed by atoms with Gasteiger partial charge in [-0.05, 0) is 23.8 Å². The molecule has 0 bridgehead atoms. The highest BCUT2D eigenvalue weighted by atomic mass is 16.5. The quantitative estimate of drug-likeness (QED) is 0.732. The van der Waals surface area contributed by atoms with Gasteiger partial charge in [-0.1, -0.05) is 30.3 Å². The molecule has 3 aromatic rings. The second-order valence-electron chi connectivity index (χ2n) is 4.44. The van der Waals surface area contributed by atoms with Gasteiger partial charge in [0, 0.05) is 6.42 Å². The van der Waals surface area contributed by atoms with Crippen molar-refractivity contribution >= 4 is 10.9 Å². The van der Waals surface area contributed by atoms with Gasteiger partial charge in [-0.2, -0.15) is 0 Å². The molecule has 0 amide bonds. The molecule has 0 aliphatic rings. The lowest BCUT2D eigenvalue weighted by molar-refractivity contribution is 0.414. The highest BCUT2D eigenvalue weighted by Gasteiger charge is 2.08. The standard InChI is InChI=1S/C16H13NO3/c1-19-12-7-8-14-13(10-12)16(18)20-15(17-14)9-11-5-3-2-4-6-11/h2-8,10H,9H2,1H3. The Hall–Kier alpha value is -2.62. The first-order valence-corrected chi connectivity index (χ1v) is 6.28. The van der Waals surface area contributed by atoms with Crippen LogP contribution in [0.15, 0.2) is 57.7 Å². The first-order valence-electron chi connectivity index (χ1n) is 6.28. The van der Waals surface area contributed by atoms with Crippen LogP contribution in [0.1, 0.15) is 11.5 Å². The molecule has 3 rings (SSSR count). The van der Waals surface area contributed by atoms with E-state index >= 15 is 0 Å². The van der Waals surface area contributed by atoms with Crippen molar-refractivity contribution in [3.8, 4) is 5.75 Å². The second-order valence-corrected chi connectivity index (χ2v) is 4.44. The third-order valence-electron chi connectivity index (χ3n) is 3.08. The smallest absolute Gasteiger partial charge is 0.346 e. The number of methoxy groups -OCH3 is 1. The van der Waals surface area contributed by atoms with E-state index in [-0.39, 0.29) is 5.63 Å². The summed E-state index contributed by atoms with van der Waals surface area (Å²) in [5, 5.41) is 0.432. The van der Waals surface area contributed by atoms with Crippen LogP contribution in [0.2, 0.25) is 0 Å². The molecule has 20 heavy (non-hydrogen) atoms. The Balaban J connectivity index is 2.04. The van der Waals surface area contributed by atoms with E-state index in [9.17, 15) is 4.79 Å². The van der Waals surface area contributed by atoms with Crippen molar-refractivity contribution in [2.24, 2.45) is 0 Å². The molecule has 0 N–H and O–H groups in total. The van der Waals surface area contributed by atoms with Crippen LogP contribution in [0.4, 0.5) is 0 Å². The Morgan fingerprint density at radius 2 is 1.95 bits per heavy atom. The summed E-state index contributed by atoms with van der Waals surface area (Å²) >= 11 is 0. The Morgan fingerprint density at radius 1 is 1.15 bits per heavy atom. The second kappa shape index (κ2) is 5.17. The summed E-state index contributed by atoms with van der Waals surface area (Å²) in [5.74, 6) is 1.03. The molecule has 0 atom stereocenters. The molecule has 0 saturated carbocycles. The Labute approximate surface area is 115 Å². The van der Waals surface area contributed by atoms with Crippen LogP contribution in [0.25, 0.3) is 10.9 Å². The number of benzene rings is 2. The van der Waals surface area contributed by atoms with Gasteiger partial charge in [0.2, 0.25) is 5.89 Å².